The zero-order chi connectivity index (χ0) is 21.4. The van der Waals surface area contributed by atoms with Gasteiger partial charge in [0, 0.05) is 17.0 Å². The molecule has 6 nitrogen and oxygen atoms in total. The van der Waals surface area contributed by atoms with E-state index in [4.69, 9.17) is 26.7 Å². The van der Waals surface area contributed by atoms with Crippen LogP contribution in [0, 0.1) is 11.6 Å². The first-order chi connectivity index (χ1) is 13.8. The molecule has 0 saturated carbocycles. The topological polar surface area (TPSA) is 95.9 Å². The molecule has 2 atom stereocenters. The predicted molar refractivity (Wildman–Crippen MR) is 101 cm³/mol. The molecule has 0 aliphatic rings. The number of hydrogen-bond donors (Lipinski definition) is 3. The Morgan fingerprint density at radius 3 is 2.41 bits per heavy atom. The highest BCUT2D eigenvalue weighted by atomic mass is 35.5. The van der Waals surface area contributed by atoms with E-state index in [1.54, 1.807) is 24.3 Å². The van der Waals surface area contributed by atoms with Crippen LogP contribution in [0.5, 0.6) is 0 Å². The molecule has 0 aliphatic heterocycles. The van der Waals surface area contributed by atoms with Gasteiger partial charge in [0.05, 0.1) is 25.6 Å². The summed E-state index contributed by atoms with van der Waals surface area (Å²) in [4.78, 5) is 22.6. The number of carboxylic acid groups (broad SMARTS) is 1. The highest BCUT2D eigenvalue weighted by Crippen LogP contribution is 2.31. The van der Waals surface area contributed by atoms with E-state index in [0.29, 0.717) is 5.02 Å². The van der Waals surface area contributed by atoms with Crippen LogP contribution in [0.3, 0.4) is 0 Å². The van der Waals surface area contributed by atoms with Crippen molar-refractivity contribution in [2.45, 2.75) is 31.3 Å². The maximum atomic E-state index is 14.5. The molecule has 0 saturated heterocycles. The third-order valence-corrected chi connectivity index (χ3v) is 4.59. The fraction of sp³-hybridized carbons (Fsp3) is 0.300. The predicted octanol–water partition coefficient (Wildman–Crippen LogP) is 3.70. The van der Waals surface area contributed by atoms with E-state index in [9.17, 15) is 18.4 Å². The summed E-state index contributed by atoms with van der Waals surface area (Å²) < 4.78 is 33.5. The van der Waals surface area contributed by atoms with Crippen LogP contribution in [-0.2, 0) is 20.7 Å². The molecule has 2 aromatic rings. The Labute approximate surface area is 171 Å². The number of halogens is 3. The van der Waals surface area contributed by atoms with Crippen molar-refractivity contribution < 1.29 is 33.4 Å². The van der Waals surface area contributed by atoms with Gasteiger partial charge in [0.25, 0.3) is 0 Å². The van der Waals surface area contributed by atoms with E-state index in [-0.39, 0.29) is 31.4 Å². The first kappa shape index (κ1) is 22.7. The van der Waals surface area contributed by atoms with Gasteiger partial charge in [0.1, 0.15) is 11.6 Å². The third kappa shape index (κ3) is 7.08. The van der Waals surface area contributed by atoms with Crippen LogP contribution in [0.4, 0.5) is 8.78 Å². The number of hydrogen-bond acceptors (Lipinski definition) is 4. The molecule has 0 aromatic heterocycles. The molecular formula is C20H20ClF2NO5. The van der Waals surface area contributed by atoms with Gasteiger partial charge in [0.15, 0.2) is 0 Å². The minimum atomic E-state index is -1.10. The molecule has 0 aliphatic carbocycles. The molecule has 0 fully saturated rings. The molecule has 3 N–H and O–H groups in total. The van der Waals surface area contributed by atoms with Crippen molar-refractivity contribution in [1.29, 1.82) is 0 Å². The Balaban J connectivity index is 2.39. The first-order valence-electron chi connectivity index (χ1n) is 8.76. The molecule has 2 rings (SSSR count). The molecule has 29 heavy (non-hydrogen) atoms. The Hall–Kier alpha value is -2.55. The molecule has 9 heteroatoms. The fourth-order valence-corrected chi connectivity index (χ4v) is 3.09. The van der Waals surface area contributed by atoms with E-state index in [0.717, 1.165) is 17.7 Å². The quantitative estimate of drug-likeness (QED) is 0.397. The van der Waals surface area contributed by atoms with Gasteiger partial charge in [-0.2, -0.15) is 0 Å². The van der Waals surface area contributed by atoms with E-state index >= 15 is 0 Å². The lowest BCUT2D eigenvalue weighted by Gasteiger charge is -2.28. The number of rotatable bonds is 10. The van der Waals surface area contributed by atoms with E-state index < -0.39 is 35.5 Å². The Morgan fingerprint density at radius 2 is 1.83 bits per heavy atom. The second-order valence-electron chi connectivity index (χ2n) is 6.40. The zero-order valence-corrected chi connectivity index (χ0v) is 16.0. The molecule has 0 unspecified atom stereocenters. The zero-order valence-electron chi connectivity index (χ0n) is 15.3. The lowest BCUT2D eigenvalue weighted by atomic mass is 9.85. The summed E-state index contributed by atoms with van der Waals surface area (Å²) in [7, 11) is 0. The normalized spacial score (nSPS) is 13.0. The average Bonchev–Trinajstić information content (AvgIpc) is 2.67. The van der Waals surface area contributed by atoms with Crippen molar-refractivity contribution in [2.24, 2.45) is 0 Å². The largest absolute Gasteiger partial charge is 0.481 e. The summed E-state index contributed by atoms with van der Waals surface area (Å²) in [5.41, 5.74) is 2.34. The van der Waals surface area contributed by atoms with Gasteiger partial charge in [-0.1, -0.05) is 29.8 Å². The number of hydroxylamine groups is 1. The van der Waals surface area contributed by atoms with Crippen molar-refractivity contribution in [3.05, 3.63) is 70.2 Å². The van der Waals surface area contributed by atoms with Crippen molar-refractivity contribution in [1.82, 2.24) is 5.48 Å². The van der Waals surface area contributed by atoms with Crippen molar-refractivity contribution in [3.8, 4) is 0 Å². The first-order valence-corrected chi connectivity index (χ1v) is 9.13. The fourth-order valence-electron chi connectivity index (χ4n) is 2.96. The van der Waals surface area contributed by atoms with Gasteiger partial charge in [-0.25, -0.2) is 14.3 Å². The summed E-state index contributed by atoms with van der Waals surface area (Å²) in [6, 6.07) is 9.81. The van der Waals surface area contributed by atoms with Crippen LogP contribution in [-0.4, -0.2) is 34.9 Å². The average molecular weight is 428 g/mol. The van der Waals surface area contributed by atoms with Crippen LogP contribution in [0.25, 0.3) is 0 Å². The third-order valence-electron chi connectivity index (χ3n) is 4.34. The van der Waals surface area contributed by atoms with E-state index in [1.165, 1.54) is 11.5 Å². The number of ether oxygens (including phenoxy) is 1. The number of carbonyl (C=O) groups excluding carboxylic acids is 1. The highest BCUT2D eigenvalue weighted by Gasteiger charge is 2.29. The standard InChI is InChI=1S/C20H20ClF2NO5/c21-13-3-1-12(2-4-13)9-16(15-6-5-14(22)10-17(15)23)18(11-19(25)24-28)29-8-7-20(26)27/h1-6,10,16,18,28H,7-9,11H2,(H,24,25)(H,26,27)/t16-,18-/m1/s1. The molecule has 156 valence electrons. The molecule has 0 heterocycles. The second kappa shape index (κ2) is 10.8. The lowest BCUT2D eigenvalue weighted by molar-refractivity contribution is -0.139. The van der Waals surface area contributed by atoms with Crippen LogP contribution in [0.1, 0.15) is 29.9 Å². The van der Waals surface area contributed by atoms with Crippen LogP contribution < -0.4 is 5.48 Å². The molecule has 0 bridgehead atoms. The van der Waals surface area contributed by atoms with Crippen LogP contribution >= 0.6 is 11.6 Å². The van der Waals surface area contributed by atoms with Crippen LogP contribution in [0.15, 0.2) is 42.5 Å². The van der Waals surface area contributed by atoms with Gasteiger partial charge >= 0.3 is 5.97 Å². The monoisotopic (exact) mass is 427 g/mol. The van der Waals surface area contributed by atoms with Gasteiger partial charge in [-0.05, 0) is 35.7 Å². The molecule has 2 aromatic carbocycles. The second-order valence-corrected chi connectivity index (χ2v) is 6.83. The minimum Gasteiger partial charge on any atom is -0.481 e. The van der Waals surface area contributed by atoms with Crippen molar-refractivity contribution in [3.63, 3.8) is 0 Å². The lowest BCUT2D eigenvalue weighted by Crippen LogP contribution is -2.32. The number of nitrogens with one attached hydrogen (secondary N) is 1. The van der Waals surface area contributed by atoms with Gasteiger partial charge in [-0.3, -0.25) is 14.8 Å². The highest BCUT2D eigenvalue weighted by molar-refractivity contribution is 6.30. The Morgan fingerprint density at radius 1 is 1.14 bits per heavy atom. The molecule has 0 radical (unpaired) electrons. The number of aliphatic carboxylic acids is 1. The molecule has 1 amide bonds. The van der Waals surface area contributed by atoms with Gasteiger partial charge < -0.3 is 9.84 Å². The van der Waals surface area contributed by atoms with E-state index in [1.807, 2.05) is 0 Å². The number of benzene rings is 2. The maximum Gasteiger partial charge on any atom is 0.305 e. The summed E-state index contributed by atoms with van der Waals surface area (Å²) >= 11 is 5.89. The number of carboxylic acids is 1. The van der Waals surface area contributed by atoms with Crippen molar-refractivity contribution >= 4 is 23.5 Å². The summed E-state index contributed by atoms with van der Waals surface area (Å²) in [6.45, 7) is -0.224. The maximum absolute atomic E-state index is 14.5. The Bertz CT molecular complexity index is 847. The van der Waals surface area contributed by atoms with Crippen LogP contribution in [0.2, 0.25) is 5.02 Å². The summed E-state index contributed by atoms with van der Waals surface area (Å²) in [5.74, 6) is -4.22. The molecular weight excluding hydrogens is 408 g/mol. The molecule has 0 spiro atoms. The van der Waals surface area contributed by atoms with E-state index in [2.05, 4.69) is 0 Å². The van der Waals surface area contributed by atoms with Gasteiger partial charge in [-0.15, -0.1) is 0 Å². The smallest absolute Gasteiger partial charge is 0.305 e. The SMILES string of the molecule is O=C(O)CCO[C@H](CC(=O)NO)[C@H](Cc1ccc(Cl)cc1)c1ccc(F)cc1F. The Kier molecular flexibility index (Phi) is 8.50. The summed E-state index contributed by atoms with van der Waals surface area (Å²) in [5, 5.41) is 18.2. The minimum absolute atomic E-state index is 0.104. The number of amides is 1. The number of carbonyl (C=O) groups is 2. The van der Waals surface area contributed by atoms with Crippen molar-refractivity contribution in [2.75, 3.05) is 6.61 Å². The van der Waals surface area contributed by atoms with Gasteiger partial charge in [0.2, 0.25) is 5.91 Å². The summed E-state index contributed by atoms with van der Waals surface area (Å²) in [6.07, 6.45) is -1.45.